The third-order valence-electron chi connectivity index (χ3n) is 9.82. The van der Waals surface area contributed by atoms with E-state index in [4.69, 9.17) is 4.42 Å². The Morgan fingerprint density at radius 1 is 0.533 bits per heavy atom. The van der Waals surface area contributed by atoms with Gasteiger partial charge in [-0.3, -0.25) is 0 Å². The van der Waals surface area contributed by atoms with Gasteiger partial charge in [-0.25, -0.2) is 0 Å². The summed E-state index contributed by atoms with van der Waals surface area (Å²) in [5, 5.41) is 6.04. The Hall–Kier alpha value is -5.60. The van der Waals surface area contributed by atoms with Crippen LogP contribution in [0, 0.1) is 0 Å². The van der Waals surface area contributed by atoms with Gasteiger partial charge in [0, 0.05) is 22.1 Å². The van der Waals surface area contributed by atoms with E-state index in [9.17, 15) is 0 Å². The van der Waals surface area contributed by atoms with Gasteiger partial charge in [-0.05, 0) is 106 Å². The number of para-hydroxylation sites is 1. The van der Waals surface area contributed by atoms with Crippen LogP contribution in [0.4, 0.5) is 11.4 Å². The molecule has 0 aliphatic heterocycles. The lowest BCUT2D eigenvalue weighted by Gasteiger charge is -2.31. The fourth-order valence-corrected chi connectivity index (χ4v) is 8.07. The lowest BCUT2D eigenvalue weighted by atomic mass is 9.70. The van der Waals surface area contributed by atoms with Crippen LogP contribution < -0.4 is 5.32 Å². The van der Waals surface area contributed by atoms with Crippen molar-refractivity contribution < 1.29 is 4.42 Å². The second-order valence-electron chi connectivity index (χ2n) is 12.0. The molecular formula is C43H31NO. The smallest absolute Gasteiger partial charge is 0.136 e. The van der Waals surface area contributed by atoms with Gasteiger partial charge in [0.2, 0.25) is 0 Å². The maximum atomic E-state index is 6.15. The highest BCUT2D eigenvalue weighted by molar-refractivity contribution is 6.12. The number of anilines is 2. The van der Waals surface area contributed by atoms with Crippen molar-refractivity contribution in [2.75, 3.05) is 5.32 Å². The summed E-state index contributed by atoms with van der Waals surface area (Å²) in [5.74, 6) is 0. The second kappa shape index (κ2) is 9.70. The van der Waals surface area contributed by atoms with E-state index < -0.39 is 0 Å². The summed E-state index contributed by atoms with van der Waals surface area (Å²) < 4.78 is 6.15. The summed E-state index contributed by atoms with van der Waals surface area (Å²) in [4.78, 5) is 0. The molecule has 0 bridgehead atoms. The van der Waals surface area contributed by atoms with Crippen molar-refractivity contribution in [2.24, 2.45) is 0 Å². The molecule has 0 fully saturated rings. The van der Waals surface area contributed by atoms with E-state index >= 15 is 0 Å². The number of furan rings is 1. The molecule has 1 spiro atoms. The lowest BCUT2D eigenvalue weighted by molar-refractivity contribution is 0.669. The predicted molar refractivity (Wildman–Crippen MR) is 188 cm³/mol. The van der Waals surface area contributed by atoms with Gasteiger partial charge in [0.25, 0.3) is 0 Å². The highest BCUT2D eigenvalue weighted by Gasteiger charge is 2.52. The van der Waals surface area contributed by atoms with E-state index in [1.807, 2.05) is 12.1 Å². The van der Waals surface area contributed by atoms with Crippen LogP contribution in [0.15, 0.2) is 156 Å². The van der Waals surface area contributed by atoms with Crippen LogP contribution in [0.1, 0.15) is 36.1 Å². The quantitative estimate of drug-likeness (QED) is 0.226. The third kappa shape index (κ3) is 3.51. The normalized spacial score (nSPS) is 18.2. The highest BCUT2D eigenvalue weighted by atomic mass is 16.3. The first kappa shape index (κ1) is 25.9. The standard InChI is InChI=1S/C43H31NO/c1-3-30-32-12-5-8-16-37(32)43(36(30)4-2)38-17-9-6-13-33(38)34-25-24-29(26-39(34)43)44-28-22-20-27(21-23-28)31-15-11-19-41-42(31)35-14-7-10-18-40(35)45-41/h3-26,44H,1-2H3/b30-3-,36-4+. The van der Waals surface area contributed by atoms with Crippen LogP contribution in [0.3, 0.4) is 0 Å². The summed E-state index contributed by atoms with van der Waals surface area (Å²) in [6.07, 6.45) is 4.60. The van der Waals surface area contributed by atoms with E-state index in [0.29, 0.717) is 0 Å². The molecule has 7 aromatic rings. The molecule has 2 aliphatic rings. The number of fused-ring (bicyclic) bond motifs is 10. The van der Waals surface area contributed by atoms with Crippen LogP contribution in [0.25, 0.3) is 49.8 Å². The summed E-state index contributed by atoms with van der Waals surface area (Å²) in [5.41, 5.74) is 16.7. The first-order valence-corrected chi connectivity index (χ1v) is 15.7. The number of hydrogen-bond acceptors (Lipinski definition) is 2. The first-order valence-electron chi connectivity index (χ1n) is 15.7. The van der Waals surface area contributed by atoms with Gasteiger partial charge in [-0.2, -0.15) is 0 Å². The van der Waals surface area contributed by atoms with Crippen molar-refractivity contribution in [2.45, 2.75) is 19.3 Å². The average molecular weight is 578 g/mol. The maximum absolute atomic E-state index is 6.15. The molecule has 1 atom stereocenters. The topological polar surface area (TPSA) is 25.2 Å². The lowest BCUT2D eigenvalue weighted by Crippen LogP contribution is -2.26. The van der Waals surface area contributed by atoms with Gasteiger partial charge >= 0.3 is 0 Å². The van der Waals surface area contributed by atoms with E-state index in [2.05, 4.69) is 153 Å². The predicted octanol–water partition coefficient (Wildman–Crippen LogP) is 11.7. The van der Waals surface area contributed by atoms with Gasteiger partial charge in [-0.15, -0.1) is 0 Å². The van der Waals surface area contributed by atoms with Gasteiger partial charge in [0.15, 0.2) is 0 Å². The summed E-state index contributed by atoms with van der Waals surface area (Å²) >= 11 is 0. The highest BCUT2D eigenvalue weighted by Crippen LogP contribution is 2.63. The minimum absolute atomic E-state index is 0.341. The van der Waals surface area contributed by atoms with Gasteiger partial charge in [0.05, 0.1) is 5.41 Å². The molecule has 0 radical (unpaired) electrons. The van der Waals surface area contributed by atoms with Crippen molar-refractivity contribution in [1.82, 2.24) is 0 Å². The Balaban J connectivity index is 1.14. The van der Waals surface area contributed by atoms with Crippen LogP contribution in [-0.4, -0.2) is 0 Å². The third-order valence-corrected chi connectivity index (χ3v) is 9.82. The van der Waals surface area contributed by atoms with Gasteiger partial charge in [0.1, 0.15) is 11.2 Å². The molecule has 214 valence electrons. The summed E-state index contributed by atoms with van der Waals surface area (Å²) in [7, 11) is 0. The van der Waals surface area contributed by atoms with Crippen molar-refractivity contribution >= 4 is 38.9 Å². The second-order valence-corrected chi connectivity index (χ2v) is 12.0. The number of rotatable bonds is 3. The molecule has 1 aromatic heterocycles. The van der Waals surface area contributed by atoms with Crippen LogP contribution >= 0.6 is 0 Å². The van der Waals surface area contributed by atoms with E-state index in [1.54, 1.807) is 0 Å². The Morgan fingerprint density at radius 3 is 1.98 bits per heavy atom. The van der Waals surface area contributed by atoms with Gasteiger partial charge in [-0.1, -0.05) is 109 Å². The Kier molecular flexibility index (Phi) is 5.58. The Labute approximate surface area is 263 Å². The number of allylic oxidation sites excluding steroid dienone is 4. The van der Waals surface area contributed by atoms with Crippen molar-refractivity contribution in [3.05, 3.63) is 173 Å². The molecular weight excluding hydrogens is 546 g/mol. The van der Waals surface area contributed by atoms with Gasteiger partial charge < -0.3 is 9.73 Å². The summed E-state index contributed by atoms with van der Waals surface area (Å²) in [6, 6.07) is 48.1. The maximum Gasteiger partial charge on any atom is 0.136 e. The van der Waals surface area contributed by atoms with Crippen LogP contribution in [-0.2, 0) is 5.41 Å². The molecule has 0 amide bonds. The molecule has 1 unspecified atom stereocenters. The molecule has 9 rings (SSSR count). The fourth-order valence-electron chi connectivity index (χ4n) is 8.07. The molecule has 1 heterocycles. The summed E-state index contributed by atoms with van der Waals surface area (Å²) in [6.45, 7) is 4.34. The van der Waals surface area contributed by atoms with E-state index in [1.165, 1.54) is 55.7 Å². The van der Waals surface area contributed by atoms with E-state index in [0.717, 1.165) is 33.3 Å². The zero-order valence-corrected chi connectivity index (χ0v) is 25.3. The number of benzene rings is 6. The Bertz CT molecular complexity index is 2370. The van der Waals surface area contributed by atoms with Crippen molar-refractivity contribution in [3.8, 4) is 22.3 Å². The molecule has 1 N–H and O–H groups in total. The number of nitrogens with one attached hydrogen (secondary N) is 1. The molecule has 6 aromatic carbocycles. The average Bonchev–Trinajstić information content (AvgIpc) is 3.71. The minimum Gasteiger partial charge on any atom is -0.456 e. The van der Waals surface area contributed by atoms with E-state index in [-0.39, 0.29) is 5.41 Å². The number of hydrogen-bond donors (Lipinski definition) is 1. The largest absolute Gasteiger partial charge is 0.456 e. The van der Waals surface area contributed by atoms with Crippen LogP contribution in [0.5, 0.6) is 0 Å². The SMILES string of the molecule is C/C=C1\C(=C/C)C2(c3ccccc31)c1ccccc1-c1ccc(Nc3ccc(-c4cccc5oc6ccccc6c45)cc3)cc12. The van der Waals surface area contributed by atoms with Crippen LogP contribution in [0.2, 0.25) is 0 Å². The fraction of sp³-hybridized carbons (Fsp3) is 0.0698. The first-order chi connectivity index (χ1) is 22.2. The molecule has 0 saturated heterocycles. The minimum atomic E-state index is -0.341. The molecule has 45 heavy (non-hydrogen) atoms. The molecule has 2 heteroatoms. The molecule has 0 saturated carbocycles. The zero-order valence-electron chi connectivity index (χ0n) is 25.3. The van der Waals surface area contributed by atoms with Crippen molar-refractivity contribution in [3.63, 3.8) is 0 Å². The zero-order chi connectivity index (χ0) is 30.1. The molecule has 2 nitrogen and oxygen atoms in total. The van der Waals surface area contributed by atoms with Crippen molar-refractivity contribution in [1.29, 1.82) is 0 Å². The Morgan fingerprint density at radius 2 is 1.18 bits per heavy atom. The monoisotopic (exact) mass is 577 g/mol. The molecule has 2 aliphatic carbocycles.